The Morgan fingerprint density at radius 3 is 3.00 bits per heavy atom. The van der Waals surface area contributed by atoms with Crippen molar-refractivity contribution in [2.45, 2.75) is 31.7 Å². The second-order valence-corrected chi connectivity index (χ2v) is 5.44. The van der Waals surface area contributed by atoms with Crippen molar-refractivity contribution < 1.29 is 4.79 Å². The second kappa shape index (κ2) is 6.31. The lowest BCUT2D eigenvalue weighted by atomic mass is 10.2. The number of aromatic amines is 1. The van der Waals surface area contributed by atoms with Crippen LogP contribution in [0.5, 0.6) is 0 Å². The summed E-state index contributed by atoms with van der Waals surface area (Å²) in [4.78, 5) is 12.1. The third-order valence-electron chi connectivity index (χ3n) is 3.88. The summed E-state index contributed by atoms with van der Waals surface area (Å²) >= 11 is 0. The van der Waals surface area contributed by atoms with Gasteiger partial charge in [-0.05, 0) is 31.0 Å². The topological polar surface area (TPSA) is 93.6 Å². The highest BCUT2D eigenvalue weighted by molar-refractivity contribution is 5.97. The summed E-state index contributed by atoms with van der Waals surface area (Å²) < 4.78 is 0. The second-order valence-electron chi connectivity index (χ2n) is 5.44. The fourth-order valence-electron chi connectivity index (χ4n) is 2.66. The van der Waals surface area contributed by atoms with Gasteiger partial charge in [0.2, 0.25) is 0 Å². The molecule has 1 aliphatic rings. The quantitative estimate of drug-likeness (QED) is 0.596. The van der Waals surface area contributed by atoms with Crippen molar-refractivity contribution in [3.05, 3.63) is 36.2 Å². The minimum absolute atomic E-state index is 0.0802. The van der Waals surface area contributed by atoms with Crippen LogP contribution in [0.1, 0.15) is 25.7 Å². The zero-order chi connectivity index (χ0) is 15.4. The highest BCUT2D eigenvalue weighted by atomic mass is 16.1. The first-order valence-electron chi connectivity index (χ1n) is 7.37. The molecule has 6 heteroatoms. The number of nitrogens with one attached hydrogen (secondary N) is 3. The molecule has 2 aromatic rings. The van der Waals surface area contributed by atoms with Crippen LogP contribution < -0.4 is 10.6 Å². The molecule has 0 aliphatic heterocycles. The average Bonchev–Trinajstić information content (AvgIpc) is 3.18. The molecular formula is C16H17N5O. The van der Waals surface area contributed by atoms with Gasteiger partial charge in [-0.2, -0.15) is 10.4 Å². The van der Waals surface area contributed by atoms with E-state index in [9.17, 15) is 4.79 Å². The summed E-state index contributed by atoms with van der Waals surface area (Å²) in [6, 6.07) is 7.81. The van der Waals surface area contributed by atoms with Crippen LogP contribution in [0.3, 0.4) is 0 Å². The van der Waals surface area contributed by atoms with Crippen molar-refractivity contribution in [1.29, 1.82) is 5.26 Å². The molecule has 0 saturated heterocycles. The monoisotopic (exact) mass is 295 g/mol. The first-order chi connectivity index (χ1) is 10.8. The fourth-order valence-corrected chi connectivity index (χ4v) is 2.66. The first kappa shape index (κ1) is 14.1. The van der Waals surface area contributed by atoms with Crippen molar-refractivity contribution in [1.82, 2.24) is 15.5 Å². The van der Waals surface area contributed by atoms with Crippen LogP contribution in [0.15, 0.2) is 36.2 Å². The maximum absolute atomic E-state index is 12.1. The van der Waals surface area contributed by atoms with Gasteiger partial charge in [-0.25, -0.2) is 0 Å². The SMILES string of the molecule is N#C/C(=C/Nc1ccc2cn[nH]c2c1)C(=O)NC1CCCC1. The summed E-state index contributed by atoms with van der Waals surface area (Å²) in [5.74, 6) is -0.315. The number of fused-ring (bicyclic) bond motifs is 1. The Labute approximate surface area is 128 Å². The Hall–Kier alpha value is -2.81. The van der Waals surface area contributed by atoms with Crippen molar-refractivity contribution in [2.24, 2.45) is 0 Å². The van der Waals surface area contributed by atoms with E-state index in [0.717, 1.165) is 42.3 Å². The molecule has 1 heterocycles. The molecular weight excluding hydrogens is 278 g/mol. The van der Waals surface area contributed by atoms with E-state index in [-0.39, 0.29) is 17.5 Å². The number of aromatic nitrogens is 2. The summed E-state index contributed by atoms with van der Waals surface area (Å²) in [5, 5.41) is 22.9. The van der Waals surface area contributed by atoms with E-state index in [1.54, 1.807) is 6.20 Å². The van der Waals surface area contributed by atoms with Gasteiger partial charge in [0.1, 0.15) is 11.6 Å². The molecule has 0 unspecified atom stereocenters. The lowest BCUT2D eigenvalue weighted by molar-refractivity contribution is -0.117. The molecule has 22 heavy (non-hydrogen) atoms. The van der Waals surface area contributed by atoms with E-state index in [1.165, 1.54) is 6.20 Å². The van der Waals surface area contributed by atoms with Crippen LogP contribution in [0.4, 0.5) is 5.69 Å². The first-order valence-corrected chi connectivity index (χ1v) is 7.37. The number of hydrogen-bond acceptors (Lipinski definition) is 4. The number of nitriles is 1. The molecule has 0 bridgehead atoms. The Bertz CT molecular complexity index is 749. The van der Waals surface area contributed by atoms with Gasteiger partial charge in [-0.1, -0.05) is 12.8 Å². The number of H-pyrrole nitrogens is 1. The number of carbonyl (C=O) groups is 1. The number of amides is 1. The Morgan fingerprint density at radius 2 is 2.23 bits per heavy atom. The highest BCUT2D eigenvalue weighted by Crippen LogP contribution is 2.18. The molecule has 6 nitrogen and oxygen atoms in total. The highest BCUT2D eigenvalue weighted by Gasteiger charge is 2.19. The van der Waals surface area contributed by atoms with Gasteiger partial charge in [0.25, 0.3) is 5.91 Å². The van der Waals surface area contributed by atoms with E-state index in [1.807, 2.05) is 24.3 Å². The molecule has 1 saturated carbocycles. The molecule has 0 atom stereocenters. The van der Waals surface area contributed by atoms with E-state index >= 15 is 0 Å². The van der Waals surface area contributed by atoms with Gasteiger partial charge in [0, 0.05) is 23.3 Å². The van der Waals surface area contributed by atoms with Gasteiger partial charge in [0.05, 0.1) is 11.7 Å². The molecule has 1 aliphatic carbocycles. The minimum Gasteiger partial charge on any atom is -0.360 e. The summed E-state index contributed by atoms with van der Waals surface area (Å²) in [5.41, 5.74) is 1.77. The van der Waals surface area contributed by atoms with Crippen LogP contribution in [0.25, 0.3) is 10.9 Å². The van der Waals surface area contributed by atoms with Gasteiger partial charge in [0.15, 0.2) is 0 Å². The Kier molecular flexibility index (Phi) is 4.05. The van der Waals surface area contributed by atoms with E-state index in [0.29, 0.717) is 0 Å². The molecule has 3 rings (SSSR count). The molecule has 3 N–H and O–H groups in total. The van der Waals surface area contributed by atoms with Gasteiger partial charge in [-0.3, -0.25) is 9.89 Å². The number of hydrogen-bond donors (Lipinski definition) is 3. The maximum Gasteiger partial charge on any atom is 0.263 e. The maximum atomic E-state index is 12.1. The normalized spacial score (nSPS) is 15.7. The molecule has 112 valence electrons. The summed E-state index contributed by atoms with van der Waals surface area (Å²) in [6.07, 6.45) is 7.45. The molecule has 1 amide bonds. The number of rotatable bonds is 4. The number of anilines is 1. The van der Waals surface area contributed by atoms with Crippen LogP contribution >= 0.6 is 0 Å². The predicted molar refractivity (Wildman–Crippen MR) is 83.8 cm³/mol. The zero-order valence-electron chi connectivity index (χ0n) is 12.1. The van der Waals surface area contributed by atoms with Crippen molar-refractivity contribution >= 4 is 22.5 Å². The van der Waals surface area contributed by atoms with E-state index < -0.39 is 0 Å². The lowest BCUT2D eigenvalue weighted by Gasteiger charge is -2.11. The van der Waals surface area contributed by atoms with E-state index in [4.69, 9.17) is 5.26 Å². The van der Waals surface area contributed by atoms with Crippen LogP contribution in [-0.4, -0.2) is 22.1 Å². The average molecular weight is 295 g/mol. The fraction of sp³-hybridized carbons (Fsp3) is 0.312. The van der Waals surface area contributed by atoms with E-state index in [2.05, 4.69) is 20.8 Å². The van der Waals surface area contributed by atoms with Crippen molar-refractivity contribution in [3.63, 3.8) is 0 Å². The number of benzene rings is 1. The van der Waals surface area contributed by atoms with Gasteiger partial charge in [-0.15, -0.1) is 0 Å². The largest absolute Gasteiger partial charge is 0.360 e. The predicted octanol–water partition coefficient (Wildman–Crippen LogP) is 2.44. The van der Waals surface area contributed by atoms with Crippen LogP contribution in [-0.2, 0) is 4.79 Å². The third kappa shape index (κ3) is 3.09. The smallest absolute Gasteiger partial charge is 0.263 e. The molecule has 1 aromatic heterocycles. The molecule has 1 aromatic carbocycles. The van der Waals surface area contributed by atoms with Crippen molar-refractivity contribution in [3.8, 4) is 6.07 Å². The Morgan fingerprint density at radius 1 is 1.41 bits per heavy atom. The summed E-state index contributed by atoms with van der Waals surface area (Å²) in [6.45, 7) is 0. The van der Waals surface area contributed by atoms with Crippen molar-refractivity contribution in [2.75, 3.05) is 5.32 Å². The van der Waals surface area contributed by atoms with Crippen LogP contribution in [0.2, 0.25) is 0 Å². The standard InChI is InChI=1S/C16H17N5O/c17-8-12(16(22)20-13-3-1-2-4-13)9-18-14-6-5-11-10-19-21-15(11)7-14/h5-7,9-10,13,18H,1-4H2,(H,19,21)(H,20,22)/b12-9-. The lowest BCUT2D eigenvalue weighted by Crippen LogP contribution is -2.33. The minimum atomic E-state index is -0.315. The van der Waals surface area contributed by atoms with Gasteiger partial charge < -0.3 is 10.6 Å². The third-order valence-corrected chi connectivity index (χ3v) is 3.88. The molecule has 1 fully saturated rings. The van der Waals surface area contributed by atoms with Gasteiger partial charge >= 0.3 is 0 Å². The van der Waals surface area contributed by atoms with Crippen LogP contribution in [0, 0.1) is 11.3 Å². The Balaban J connectivity index is 1.68. The number of carbonyl (C=O) groups excluding carboxylic acids is 1. The number of nitrogens with zero attached hydrogens (tertiary/aromatic N) is 2. The zero-order valence-corrected chi connectivity index (χ0v) is 12.1. The summed E-state index contributed by atoms with van der Waals surface area (Å²) in [7, 11) is 0. The molecule has 0 spiro atoms. The molecule has 0 radical (unpaired) electrons.